The van der Waals surface area contributed by atoms with Gasteiger partial charge in [-0.2, -0.15) is 0 Å². The smallest absolute Gasteiger partial charge is 0.317 e. The van der Waals surface area contributed by atoms with Gasteiger partial charge in [-0.15, -0.1) is 0 Å². The van der Waals surface area contributed by atoms with Crippen LogP contribution in [0.1, 0.15) is 12.0 Å². The fraction of sp³-hybridized carbons (Fsp3) is 0.357. The summed E-state index contributed by atoms with van der Waals surface area (Å²) in [6, 6.07) is 10.0. The molecule has 3 atom stereocenters. The third kappa shape index (κ3) is 0.993. The molecule has 1 aromatic carbocycles. The predicted molar refractivity (Wildman–Crippen MR) is 60.9 cm³/mol. The fourth-order valence-electron chi connectivity index (χ4n) is 3.17. The van der Waals surface area contributed by atoms with Crippen LogP contribution in [-0.4, -0.2) is 13.1 Å². The number of methoxy groups -OCH3 is 1. The lowest BCUT2D eigenvalue weighted by molar-refractivity contribution is -0.144. The van der Waals surface area contributed by atoms with E-state index < -0.39 is 0 Å². The van der Waals surface area contributed by atoms with Crippen molar-refractivity contribution in [2.45, 2.75) is 11.8 Å². The van der Waals surface area contributed by atoms with Crippen LogP contribution in [0, 0.1) is 11.8 Å². The Bertz CT molecular complexity index is 449. The number of esters is 1. The molecule has 0 unspecified atom stereocenters. The minimum absolute atomic E-state index is 0.0851. The number of rotatable bonds is 2. The first-order valence-electron chi connectivity index (χ1n) is 5.62. The zero-order chi connectivity index (χ0) is 11.2. The zero-order valence-electron chi connectivity index (χ0n) is 9.22. The highest BCUT2D eigenvalue weighted by Crippen LogP contribution is 2.65. The zero-order valence-corrected chi connectivity index (χ0v) is 9.22. The average Bonchev–Trinajstić information content (AvgIpc) is 2.72. The van der Waals surface area contributed by atoms with Crippen LogP contribution in [-0.2, 0) is 14.9 Å². The van der Waals surface area contributed by atoms with E-state index in [1.165, 1.54) is 7.11 Å². The lowest BCUT2D eigenvalue weighted by Crippen LogP contribution is -2.26. The molecule has 0 radical (unpaired) electrons. The SMILES string of the molecule is COC(=O)[C@@]1(c2ccccc2)[C@@H]2C=CC[C@@H]21. The normalized spacial score (nSPS) is 34.6. The molecule has 1 aromatic rings. The maximum Gasteiger partial charge on any atom is 0.317 e. The third-order valence-electron chi connectivity index (χ3n) is 3.94. The second-order valence-corrected chi connectivity index (χ2v) is 4.52. The summed E-state index contributed by atoms with van der Waals surface area (Å²) in [5.41, 5.74) is 0.714. The lowest BCUT2D eigenvalue weighted by atomic mass is 9.89. The molecule has 0 aromatic heterocycles. The second-order valence-electron chi connectivity index (χ2n) is 4.52. The van der Waals surface area contributed by atoms with Gasteiger partial charge < -0.3 is 4.74 Å². The Morgan fingerprint density at radius 2 is 2.12 bits per heavy atom. The molecule has 2 aliphatic carbocycles. The lowest BCUT2D eigenvalue weighted by Gasteiger charge is -2.17. The number of hydrogen-bond donors (Lipinski definition) is 0. The van der Waals surface area contributed by atoms with Crippen molar-refractivity contribution in [2.75, 3.05) is 7.11 Å². The van der Waals surface area contributed by atoms with Crippen LogP contribution in [0.5, 0.6) is 0 Å². The summed E-state index contributed by atoms with van der Waals surface area (Å²) in [6.07, 6.45) is 5.32. The van der Waals surface area contributed by atoms with Crippen molar-refractivity contribution in [1.29, 1.82) is 0 Å². The predicted octanol–water partition coefficient (Wildman–Crippen LogP) is 2.30. The topological polar surface area (TPSA) is 26.3 Å². The molecule has 0 amide bonds. The Balaban J connectivity index is 2.06. The maximum atomic E-state index is 12.1. The van der Waals surface area contributed by atoms with E-state index in [1.807, 2.05) is 30.3 Å². The van der Waals surface area contributed by atoms with Crippen LogP contribution >= 0.6 is 0 Å². The Morgan fingerprint density at radius 3 is 2.69 bits per heavy atom. The fourth-order valence-corrected chi connectivity index (χ4v) is 3.17. The van der Waals surface area contributed by atoms with E-state index in [-0.39, 0.29) is 11.4 Å². The minimum Gasteiger partial charge on any atom is -0.468 e. The van der Waals surface area contributed by atoms with E-state index >= 15 is 0 Å². The van der Waals surface area contributed by atoms with Gasteiger partial charge >= 0.3 is 5.97 Å². The first-order chi connectivity index (χ1) is 7.81. The van der Waals surface area contributed by atoms with E-state index in [2.05, 4.69) is 12.2 Å². The molecule has 2 heteroatoms. The molecule has 3 rings (SSSR count). The Hall–Kier alpha value is -1.57. The van der Waals surface area contributed by atoms with Crippen molar-refractivity contribution in [3.05, 3.63) is 48.0 Å². The van der Waals surface area contributed by atoms with Gasteiger partial charge in [-0.05, 0) is 17.9 Å². The van der Waals surface area contributed by atoms with Crippen molar-refractivity contribution < 1.29 is 9.53 Å². The maximum absolute atomic E-state index is 12.1. The summed E-state index contributed by atoms with van der Waals surface area (Å²) in [5, 5.41) is 0. The first-order valence-corrected chi connectivity index (χ1v) is 5.62. The largest absolute Gasteiger partial charge is 0.468 e. The Morgan fingerprint density at radius 1 is 1.38 bits per heavy atom. The molecule has 0 saturated heterocycles. The number of benzene rings is 1. The van der Waals surface area contributed by atoms with Gasteiger partial charge in [0, 0.05) is 5.92 Å². The van der Waals surface area contributed by atoms with Gasteiger partial charge in [0.15, 0.2) is 0 Å². The quantitative estimate of drug-likeness (QED) is 0.557. The molecular formula is C14H14O2. The van der Waals surface area contributed by atoms with E-state index in [0.29, 0.717) is 11.8 Å². The Labute approximate surface area is 94.9 Å². The van der Waals surface area contributed by atoms with Crippen LogP contribution < -0.4 is 0 Å². The van der Waals surface area contributed by atoms with Crippen molar-refractivity contribution in [3.8, 4) is 0 Å². The van der Waals surface area contributed by atoms with Gasteiger partial charge in [0.25, 0.3) is 0 Å². The van der Waals surface area contributed by atoms with Gasteiger partial charge in [0.2, 0.25) is 0 Å². The standard InChI is InChI=1S/C14H14O2/c1-16-13(15)14(10-6-3-2-4-7-10)11-8-5-9-12(11)14/h2-8,11-12H,9H2,1H3/t11-,12+,14+/m1/s1. The average molecular weight is 214 g/mol. The molecule has 1 saturated carbocycles. The van der Waals surface area contributed by atoms with Crippen LogP contribution in [0.15, 0.2) is 42.5 Å². The van der Waals surface area contributed by atoms with Crippen LogP contribution in [0.3, 0.4) is 0 Å². The molecule has 82 valence electrons. The molecule has 0 bridgehead atoms. The molecule has 1 fully saturated rings. The molecular weight excluding hydrogens is 200 g/mol. The van der Waals surface area contributed by atoms with Crippen molar-refractivity contribution in [2.24, 2.45) is 11.8 Å². The summed E-state index contributed by atoms with van der Waals surface area (Å²) in [5.74, 6) is 0.683. The summed E-state index contributed by atoms with van der Waals surface area (Å²) in [6.45, 7) is 0. The molecule has 2 aliphatic rings. The summed E-state index contributed by atoms with van der Waals surface area (Å²) < 4.78 is 5.00. The van der Waals surface area contributed by atoms with Crippen molar-refractivity contribution in [1.82, 2.24) is 0 Å². The highest BCUT2D eigenvalue weighted by Gasteiger charge is 2.70. The van der Waals surface area contributed by atoms with Gasteiger partial charge in [-0.25, -0.2) is 0 Å². The van der Waals surface area contributed by atoms with Crippen LogP contribution in [0.4, 0.5) is 0 Å². The number of allylic oxidation sites excluding steroid dienone is 2. The number of hydrogen-bond acceptors (Lipinski definition) is 2. The van der Waals surface area contributed by atoms with Crippen molar-refractivity contribution in [3.63, 3.8) is 0 Å². The monoisotopic (exact) mass is 214 g/mol. The molecule has 2 nitrogen and oxygen atoms in total. The number of fused-ring (bicyclic) bond motifs is 1. The highest BCUT2D eigenvalue weighted by molar-refractivity contribution is 5.89. The summed E-state index contributed by atoms with van der Waals surface area (Å²) in [7, 11) is 1.48. The highest BCUT2D eigenvalue weighted by atomic mass is 16.5. The van der Waals surface area contributed by atoms with Crippen molar-refractivity contribution >= 4 is 5.97 Å². The van der Waals surface area contributed by atoms with Gasteiger partial charge in [0.05, 0.1) is 7.11 Å². The van der Waals surface area contributed by atoms with E-state index in [1.54, 1.807) is 0 Å². The molecule has 0 spiro atoms. The van der Waals surface area contributed by atoms with E-state index in [4.69, 9.17) is 4.74 Å². The molecule has 0 N–H and O–H groups in total. The summed E-state index contributed by atoms with van der Waals surface area (Å²) in [4.78, 5) is 12.1. The Kier molecular flexibility index (Phi) is 1.93. The molecule has 0 heterocycles. The molecule has 0 aliphatic heterocycles. The first kappa shape index (κ1) is 9.64. The second kappa shape index (κ2) is 3.21. The summed E-state index contributed by atoms with van der Waals surface area (Å²) >= 11 is 0. The minimum atomic E-state index is -0.384. The number of carbonyl (C=O) groups is 1. The van der Waals surface area contributed by atoms with Gasteiger partial charge in [-0.1, -0.05) is 42.5 Å². The van der Waals surface area contributed by atoms with E-state index in [0.717, 1.165) is 12.0 Å². The van der Waals surface area contributed by atoms with Crippen LogP contribution in [0.2, 0.25) is 0 Å². The van der Waals surface area contributed by atoms with Gasteiger partial charge in [0.1, 0.15) is 5.41 Å². The van der Waals surface area contributed by atoms with E-state index in [9.17, 15) is 4.79 Å². The number of ether oxygens (including phenoxy) is 1. The molecule has 16 heavy (non-hydrogen) atoms. The third-order valence-corrected chi connectivity index (χ3v) is 3.94. The number of carbonyl (C=O) groups excluding carboxylic acids is 1. The van der Waals surface area contributed by atoms with Gasteiger partial charge in [-0.3, -0.25) is 4.79 Å². The van der Waals surface area contributed by atoms with Crippen LogP contribution in [0.25, 0.3) is 0 Å².